The Morgan fingerprint density at radius 1 is 0.200 bits per heavy atom. The topological polar surface area (TPSA) is 16.3 Å². The standard InChI is InChI=1S/C66H46N4/c1-6-19-47(20-7-1)48-33-37-55(38-34-48)68(57-30-18-29-56(45-57)67(51-21-8-2-9-22-51)52-23-10-3-11-24-52)58-39-41-61-62-43-49(36-42-64(62)70(66(61)46-58)54-27-14-5-15-28-54)50-35-40-60-59-31-16-17-32-63(59)69(65(60)44-50)53-25-12-4-13-26-53/h1-46H. The van der Waals surface area contributed by atoms with Gasteiger partial charge in [0.15, 0.2) is 0 Å². The normalized spacial score (nSPS) is 11.4. The van der Waals surface area contributed by atoms with Crippen molar-refractivity contribution in [2.45, 2.75) is 0 Å². The van der Waals surface area contributed by atoms with Crippen molar-refractivity contribution in [1.29, 1.82) is 0 Å². The van der Waals surface area contributed by atoms with E-state index in [-0.39, 0.29) is 0 Å². The predicted octanol–water partition coefficient (Wildman–Crippen LogP) is 18.2. The molecule has 0 saturated heterocycles. The van der Waals surface area contributed by atoms with Crippen LogP contribution in [0.1, 0.15) is 0 Å². The lowest BCUT2D eigenvalue weighted by atomic mass is 10.0. The Hall–Kier alpha value is -9.38. The molecular weight excluding hydrogens is 849 g/mol. The Bertz CT molecular complexity index is 3930. The molecule has 330 valence electrons. The second kappa shape index (κ2) is 17.4. The van der Waals surface area contributed by atoms with E-state index in [4.69, 9.17) is 0 Å². The van der Waals surface area contributed by atoms with E-state index in [2.05, 4.69) is 298 Å². The number of aromatic nitrogens is 2. The zero-order chi connectivity index (χ0) is 46.4. The van der Waals surface area contributed by atoms with E-state index < -0.39 is 0 Å². The molecule has 0 radical (unpaired) electrons. The zero-order valence-electron chi connectivity index (χ0n) is 38.3. The number of para-hydroxylation sites is 5. The molecule has 2 heterocycles. The van der Waals surface area contributed by atoms with E-state index in [1.54, 1.807) is 0 Å². The number of hydrogen-bond donors (Lipinski definition) is 0. The van der Waals surface area contributed by atoms with Crippen molar-refractivity contribution in [3.63, 3.8) is 0 Å². The average Bonchev–Trinajstić information content (AvgIpc) is 3.94. The molecule has 0 bridgehead atoms. The molecule has 13 rings (SSSR count). The van der Waals surface area contributed by atoms with Gasteiger partial charge in [0, 0.05) is 67.0 Å². The van der Waals surface area contributed by atoms with E-state index in [1.165, 1.54) is 54.8 Å². The Morgan fingerprint density at radius 2 is 0.586 bits per heavy atom. The van der Waals surface area contributed by atoms with Crippen molar-refractivity contribution >= 4 is 77.7 Å². The van der Waals surface area contributed by atoms with Gasteiger partial charge in [-0.15, -0.1) is 0 Å². The predicted molar refractivity (Wildman–Crippen MR) is 295 cm³/mol. The van der Waals surface area contributed by atoms with Crippen LogP contribution in [0.5, 0.6) is 0 Å². The fourth-order valence-electron chi connectivity index (χ4n) is 10.4. The summed E-state index contributed by atoms with van der Waals surface area (Å²) in [6.45, 7) is 0. The second-order valence-electron chi connectivity index (χ2n) is 17.8. The van der Waals surface area contributed by atoms with E-state index >= 15 is 0 Å². The van der Waals surface area contributed by atoms with Crippen molar-refractivity contribution in [2.24, 2.45) is 0 Å². The number of rotatable bonds is 10. The van der Waals surface area contributed by atoms with Gasteiger partial charge in [0.2, 0.25) is 0 Å². The first-order chi connectivity index (χ1) is 34.7. The molecule has 0 atom stereocenters. The smallest absolute Gasteiger partial charge is 0.0561 e. The SMILES string of the molecule is c1ccc(-c2ccc(N(c3cccc(N(c4ccccc4)c4ccccc4)c3)c3ccc4c5cc(-c6ccc7c8ccccc8n(-c8ccccc8)c7c6)ccc5n(-c5ccccc5)c4c3)cc2)cc1. The lowest BCUT2D eigenvalue weighted by Crippen LogP contribution is -2.13. The molecule has 0 aliphatic carbocycles. The molecule has 4 heteroatoms. The minimum atomic E-state index is 1.05. The first-order valence-electron chi connectivity index (χ1n) is 23.9. The summed E-state index contributed by atoms with van der Waals surface area (Å²) >= 11 is 0. The summed E-state index contributed by atoms with van der Waals surface area (Å²) in [4.78, 5) is 4.72. The van der Waals surface area contributed by atoms with Gasteiger partial charge in [-0.25, -0.2) is 0 Å². The van der Waals surface area contributed by atoms with Crippen LogP contribution >= 0.6 is 0 Å². The fourth-order valence-corrected chi connectivity index (χ4v) is 10.4. The Kier molecular flexibility index (Phi) is 10.1. The Balaban J connectivity index is 0.990. The second-order valence-corrected chi connectivity index (χ2v) is 17.8. The van der Waals surface area contributed by atoms with Gasteiger partial charge in [0.05, 0.1) is 22.1 Å². The molecule has 0 aliphatic heterocycles. The summed E-state index contributed by atoms with van der Waals surface area (Å²) in [5.41, 5.74) is 18.1. The molecule has 0 unspecified atom stereocenters. The van der Waals surface area contributed by atoms with Gasteiger partial charge in [-0.1, -0.05) is 164 Å². The lowest BCUT2D eigenvalue weighted by molar-refractivity contribution is 1.18. The van der Waals surface area contributed by atoms with Gasteiger partial charge in [-0.05, 0) is 138 Å². The van der Waals surface area contributed by atoms with Crippen LogP contribution < -0.4 is 9.80 Å². The van der Waals surface area contributed by atoms with Crippen molar-refractivity contribution in [2.75, 3.05) is 9.80 Å². The van der Waals surface area contributed by atoms with Crippen molar-refractivity contribution in [3.8, 4) is 33.6 Å². The molecule has 13 aromatic rings. The molecule has 2 aromatic heterocycles. The van der Waals surface area contributed by atoms with E-state index in [0.717, 1.165) is 56.5 Å². The molecule has 0 aliphatic rings. The zero-order valence-corrected chi connectivity index (χ0v) is 38.3. The number of nitrogens with zero attached hydrogens (tertiary/aromatic N) is 4. The molecule has 0 fully saturated rings. The molecule has 0 spiro atoms. The number of hydrogen-bond acceptors (Lipinski definition) is 2. The highest BCUT2D eigenvalue weighted by Gasteiger charge is 2.21. The lowest BCUT2D eigenvalue weighted by Gasteiger charge is -2.29. The van der Waals surface area contributed by atoms with Crippen LogP contribution in [0.2, 0.25) is 0 Å². The number of fused-ring (bicyclic) bond motifs is 6. The molecule has 4 nitrogen and oxygen atoms in total. The Morgan fingerprint density at radius 3 is 1.23 bits per heavy atom. The summed E-state index contributed by atoms with van der Waals surface area (Å²) in [5.74, 6) is 0. The first kappa shape index (κ1) is 40.9. The Labute approximate surface area is 407 Å². The van der Waals surface area contributed by atoms with Gasteiger partial charge in [-0.3, -0.25) is 0 Å². The van der Waals surface area contributed by atoms with Crippen LogP contribution in [-0.2, 0) is 0 Å². The van der Waals surface area contributed by atoms with Gasteiger partial charge in [-0.2, -0.15) is 0 Å². The van der Waals surface area contributed by atoms with E-state index in [1.807, 2.05) is 0 Å². The number of anilines is 6. The molecular formula is C66H46N4. The maximum Gasteiger partial charge on any atom is 0.0561 e. The maximum atomic E-state index is 2.42. The summed E-state index contributed by atoms with van der Waals surface area (Å²) in [6.07, 6.45) is 0. The largest absolute Gasteiger partial charge is 0.310 e. The maximum absolute atomic E-state index is 2.42. The van der Waals surface area contributed by atoms with Crippen LogP contribution in [0.3, 0.4) is 0 Å². The van der Waals surface area contributed by atoms with E-state index in [9.17, 15) is 0 Å². The molecule has 0 amide bonds. The highest BCUT2D eigenvalue weighted by Crippen LogP contribution is 2.44. The van der Waals surface area contributed by atoms with Gasteiger partial charge < -0.3 is 18.9 Å². The van der Waals surface area contributed by atoms with Crippen LogP contribution in [0, 0.1) is 0 Å². The van der Waals surface area contributed by atoms with Crippen LogP contribution in [-0.4, -0.2) is 9.13 Å². The minimum Gasteiger partial charge on any atom is -0.310 e. The first-order valence-corrected chi connectivity index (χ1v) is 23.9. The summed E-state index contributed by atoms with van der Waals surface area (Å²) < 4.78 is 4.82. The van der Waals surface area contributed by atoms with Crippen molar-refractivity contribution in [3.05, 3.63) is 279 Å². The third-order valence-electron chi connectivity index (χ3n) is 13.7. The molecule has 70 heavy (non-hydrogen) atoms. The molecule has 11 aromatic carbocycles. The van der Waals surface area contributed by atoms with Crippen LogP contribution in [0.15, 0.2) is 279 Å². The summed E-state index contributed by atoms with van der Waals surface area (Å²) in [7, 11) is 0. The number of benzene rings is 11. The van der Waals surface area contributed by atoms with Crippen LogP contribution in [0.25, 0.3) is 77.2 Å². The van der Waals surface area contributed by atoms with Gasteiger partial charge in [0.1, 0.15) is 0 Å². The summed E-state index contributed by atoms with van der Waals surface area (Å²) in [6, 6.07) is 101. The van der Waals surface area contributed by atoms with Gasteiger partial charge >= 0.3 is 0 Å². The minimum absolute atomic E-state index is 1.05. The van der Waals surface area contributed by atoms with Gasteiger partial charge in [0.25, 0.3) is 0 Å². The monoisotopic (exact) mass is 894 g/mol. The van der Waals surface area contributed by atoms with E-state index in [0.29, 0.717) is 0 Å². The fraction of sp³-hybridized carbons (Fsp3) is 0. The quantitative estimate of drug-likeness (QED) is 0.136. The highest BCUT2D eigenvalue weighted by atomic mass is 15.2. The molecule has 0 N–H and O–H groups in total. The molecule has 0 saturated carbocycles. The highest BCUT2D eigenvalue weighted by molar-refractivity contribution is 6.13. The van der Waals surface area contributed by atoms with Crippen molar-refractivity contribution in [1.82, 2.24) is 9.13 Å². The third kappa shape index (κ3) is 7.18. The third-order valence-corrected chi connectivity index (χ3v) is 13.7. The summed E-state index contributed by atoms with van der Waals surface area (Å²) in [5, 5.41) is 4.89. The van der Waals surface area contributed by atoms with Crippen molar-refractivity contribution < 1.29 is 0 Å². The van der Waals surface area contributed by atoms with Crippen LogP contribution in [0.4, 0.5) is 34.1 Å². The average molecular weight is 895 g/mol.